The maximum absolute atomic E-state index is 12.3. The van der Waals surface area contributed by atoms with Gasteiger partial charge in [0.15, 0.2) is 16.8 Å². The molecule has 6 nitrogen and oxygen atoms in total. The van der Waals surface area contributed by atoms with Gasteiger partial charge in [-0.15, -0.1) is 16.8 Å². The van der Waals surface area contributed by atoms with Crippen LogP contribution in [0.4, 0.5) is 5.69 Å². The molecule has 9 heteroatoms. The molecule has 154 valence electrons. The van der Waals surface area contributed by atoms with E-state index in [1.54, 1.807) is 48.5 Å². The first-order valence-electron chi connectivity index (χ1n) is 8.92. The lowest BCUT2D eigenvalue weighted by molar-refractivity contribution is -0.113. The number of hydrogen-bond acceptors (Lipinski definition) is 5. The van der Waals surface area contributed by atoms with Crippen molar-refractivity contribution in [1.29, 1.82) is 0 Å². The minimum Gasteiger partial charge on any atom is -0.325 e. The van der Waals surface area contributed by atoms with Crippen LogP contribution in [0, 0.1) is 0 Å². The lowest BCUT2D eigenvalue weighted by Gasteiger charge is -2.09. The minimum atomic E-state index is -0.199. The normalized spacial score (nSPS) is 10.6. The average molecular weight is 461 g/mol. The summed E-state index contributed by atoms with van der Waals surface area (Å²) in [6.07, 6.45) is 1.72. The zero-order valence-electron chi connectivity index (χ0n) is 16.1. The number of Topliss-reactive ketones (excluding diaryl/α,β-unsaturated/α-hetero) is 1. The van der Waals surface area contributed by atoms with Gasteiger partial charge in [0.25, 0.3) is 0 Å². The van der Waals surface area contributed by atoms with E-state index in [-0.39, 0.29) is 17.4 Å². The van der Waals surface area contributed by atoms with E-state index in [1.165, 1.54) is 18.7 Å². The molecule has 0 unspecified atom stereocenters. The summed E-state index contributed by atoms with van der Waals surface area (Å²) in [6, 6.07) is 11.9. The van der Waals surface area contributed by atoms with Crippen LogP contribution in [0.2, 0.25) is 10.0 Å². The van der Waals surface area contributed by atoms with Gasteiger partial charge in [-0.3, -0.25) is 14.2 Å². The Morgan fingerprint density at radius 1 is 1.17 bits per heavy atom. The molecule has 0 aliphatic carbocycles. The van der Waals surface area contributed by atoms with Crippen LogP contribution in [0.15, 0.2) is 60.3 Å². The van der Waals surface area contributed by atoms with E-state index in [4.69, 9.17) is 23.2 Å². The molecule has 1 amide bonds. The molecule has 2 aromatic carbocycles. The molecule has 30 heavy (non-hydrogen) atoms. The number of carbonyl (C=O) groups excluding carboxylic acids is 2. The summed E-state index contributed by atoms with van der Waals surface area (Å²) in [7, 11) is 0. The van der Waals surface area contributed by atoms with Gasteiger partial charge in [0.05, 0.1) is 10.8 Å². The van der Waals surface area contributed by atoms with Gasteiger partial charge in [0.1, 0.15) is 0 Å². The number of carbonyl (C=O) groups is 2. The standard InChI is InChI=1S/C21H18Cl2N4O2S/c1-3-10-27-20(17-9-6-15(22)11-18(17)23)25-26-21(27)30-12-19(29)24-16-7-4-14(5-8-16)13(2)28/h3-9,11H,1,10,12H2,2H3,(H,24,29). The Hall–Kier alpha value is -2.61. The average Bonchev–Trinajstić information content (AvgIpc) is 3.09. The molecule has 1 N–H and O–H groups in total. The number of benzene rings is 2. The first-order chi connectivity index (χ1) is 14.4. The first-order valence-corrected chi connectivity index (χ1v) is 10.7. The Balaban J connectivity index is 1.71. The molecule has 3 aromatic rings. The molecule has 0 aliphatic rings. The van der Waals surface area contributed by atoms with Crippen molar-refractivity contribution in [1.82, 2.24) is 14.8 Å². The van der Waals surface area contributed by atoms with Gasteiger partial charge >= 0.3 is 0 Å². The van der Waals surface area contributed by atoms with E-state index >= 15 is 0 Å². The van der Waals surface area contributed by atoms with Gasteiger partial charge in [0, 0.05) is 28.4 Å². The number of thioether (sulfide) groups is 1. The third-order valence-electron chi connectivity index (χ3n) is 4.11. The van der Waals surface area contributed by atoms with Crippen molar-refractivity contribution < 1.29 is 9.59 Å². The summed E-state index contributed by atoms with van der Waals surface area (Å²) in [5, 5.41) is 12.8. The Labute approximate surface area is 188 Å². The Morgan fingerprint density at radius 2 is 1.90 bits per heavy atom. The summed E-state index contributed by atoms with van der Waals surface area (Å²) in [6.45, 7) is 5.73. The second-order valence-corrected chi connectivity index (χ2v) is 8.09. The third-order valence-corrected chi connectivity index (χ3v) is 5.62. The number of nitrogens with zero attached hydrogens (tertiary/aromatic N) is 3. The van der Waals surface area contributed by atoms with Crippen LogP contribution < -0.4 is 5.32 Å². The van der Waals surface area contributed by atoms with Crippen molar-refractivity contribution in [2.45, 2.75) is 18.6 Å². The predicted octanol–water partition coefficient (Wildman–Crippen LogP) is 5.37. The Bertz CT molecular complexity index is 1100. The highest BCUT2D eigenvalue weighted by Gasteiger charge is 2.17. The van der Waals surface area contributed by atoms with Crippen molar-refractivity contribution in [2.24, 2.45) is 0 Å². The van der Waals surface area contributed by atoms with E-state index in [0.717, 1.165) is 0 Å². The summed E-state index contributed by atoms with van der Waals surface area (Å²) in [4.78, 5) is 23.7. The van der Waals surface area contributed by atoms with Crippen LogP contribution >= 0.6 is 35.0 Å². The molecule has 1 aromatic heterocycles. The first kappa shape index (κ1) is 22.1. The van der Waals surface area contributed by atoms with Crippen LogP contribution in [-0.4, -0.2) is 32.2 Å². The van der Waals surface area contributed by atoms with Crippen LogP contribution in [-0.2, 0) is 11.3 Å². The third kappa shape index (κ3) is 5.30. The number of rotatable bonds is 8. The summed E-state index contributed by atoms with van der Waals surface area (Å²) < 4.78 is 1.84. The van der Waals surface area contributed by atoms with E-state index in [9.17, 15) is 9.59 Å². The summed E-state index contributed by atoms with van der Waals surface area (Å²) in [5.41, 5.74) is 1.90. The molecule has 0 spiro atoms. The van der Waals surface area contributed by atoms with Gasteiger partial charge in [-0.25, -0.2) is 0 Å². The molecule has 0 saturated carbocycles. The number of anilines is 1. The fourth-order valence-electron chi connectivity index (χ4n) is 2.67. The molecule has 0 fully saturated rings. The van der Waals surface area contributed by atoms with Gasteiger partial charge in [-0.1, -0.05) is 41.0 Å². The van der Waals surface area contributed by atoms with Crippen LogP contribution in [0.1, 0.15) is 17.3 Å². The fraction of sp³-hybridized carbons (Fsp3) is 0.143. The van der Waals surface area contributed by atoms with E-state index in [1.807, 2.05) is 4.57 Å². The summed E-state index contributed by atoms with van der Waals surface area (Å²) >= 11 is 13.5. The van der Waals surface area contributed by atoms with E-state index < -0.39 is 0 Å². The van der Waals surface area contributed by atoms with E-state index in [0.29, 0.717) is 44.4 Å². The SMILES string of the molecule is C=CCn1c(SCC(=O)Nc2ccc(C(C)=O)cc2)nnc1-c1ccc(Cl)cc1Cl. The molecule has 0 atom stereocenters. The van der Waals surface area contributed by atoms with Crippen molar-refractivity contribution in [3.05, 3.63) is 70.7 Å². The number of aromatic nitrogens is 3. The smallest absolute Gasteiger partial charge is 0.234 e. The van der Waals surface area contributed by atoms with Gasteiger partial charge in [0.2, 0.25) is 5.91 Å². The molecule has 0 bridgehead atoms. The van der Waals surface area contributed by atoms with E-state index in [2.05, 4.69) is 22.1 Å². The van der Waals surface area contributed by atoms with Crippen LogP contribution in [0.3, 0.4) is 0 Å². The number of ketones is 1. The zero-order chi connectivity index (χ0) is 21.7. The van der Waals surface area contributed by atoms with Crippen molar-refractivity contribution >= 4 is 52.3 Å². The largest absolute Gasteiger partial charge is 0.325 e. The molecular formula is C21H18Cl2N4O2S. The maximum atomic E-state index is 12.3. The topological polar surface area (TPSA) is 76.9 Å². The highest BCUT2D eigenvalue weighted by molar-refractivity contribution is 7.99. The number of allylic oxidation sites excluding steroid dienone is 1. The molecule has 0 saturated heterocycles. The number of hydrogen-bond donors (Lipinski definition) is 1. The van der Waals surface area contributed by atoms with Crippen LogP contribution in [0.25, 0.3) is 11.4 Å². The molecule has 0 aliphatic heterocycles. The molecule has 0 radical (unpaired) electrons. The van der Waals surface area contributed by atoms with Crippen LogP contribution in [0.5, 0.6) is 0 Å². The predicted molar refractivity (Wildman–Crippen MR) is 121 cm³/mol. The number of amides is 1. The fourth-order valence-corrected chi connectivity index (χ4v) is 3.92. The van der Waals surface area contributed by atoms with Gasteiger partial charge < -0.3 is 5.32 Å². The number of nitrogens with one attached hydrogen (secondary N) is 1. The quantitative estimate of drug-likeness (QED) is 0.277. The van der Waals surface area contributed by atoms with Crippen molar-refractivity contribution in [3.63, 3.8) is 0 Å². The monoisotopic (exact) mass is 460 g/mol. The van der Waals surface area contributed by atoms with Gasteiger partial charge in [-0.05, 0) is 49.4 Å². The Kier molecular flexibility index (Phi) is 7.31. The molecule has 1 heterocycles. The maximum Gasteiger partial charge on any atom is 0.234 e. The van der Waals surface area contributed by atoms with Crippen molar-refractivity contribution in [3.8, 4) is 11.4 Å². The Morgan fingerprint density at radius 3 is 2.53 bits per heavy atom. The molecular weight excluding hydrogens is 443 g/mol. The summed E-state index contributed by atoms with van der Waals surface area (Å²) in [5.74, 6) is 0.480. The lowest BCUT2D eigenvalue weighted by Crippen LogP contribution is -2.14. The second kappa shape index (κ2) is 9.93. The second-order valence-electron chi connectivity index (χ2n) is 6.30. The van der Waals surface area contributed by atoms with Crippen molar-refractivity contribution in [2.75, 3.05) is 11.1 Å². The molecule has 3 rings (SSSR count). The highest BCUT2D eigenvalue weighted by atomic mass is 35.5. The van der Waals surface area contributed by atoms with Gasteiger partial charge in [-0.2, -0.15) is 0 Å². The zero-order valence-corrected chi connectivity index (χ0v) is 18.4. The minimum absolute atomic E-state index is 0.0263. The number of halogens is 2. The highest BCUT2D eigenvalue weighted by Crippen LogP contribution is 2.31. The lowest BCUT2D eigenvalue weighted by atomic mass is 10.1.